The van der Waals surface area contributed by atoms with Crippen LogP contribution in [0.2, 0.25) is 0 Å². The van der Waals surface area contributed by atoms with Crippen molar-refractivity contribution in [3.63, 3.8) is 0 Å². The standard InChI is InChI=1S/C61H108O6/c1-4-7-10-13-16-19-22-25-28-30-33-36-39-42-45-48-51-54-60(63)66-57-58(56-65-59(62)53-50-47-44-41-38-35-32-27-24-21-18-15-12-9-6-3)67-61(64)55-52-49-46-43-40-37-34-31-29-26-23-20-17-14-11-8-5-2/h17-18,20-21,26-27,29,32,34,37,58H,4-16,19,22-25,28,30-31,33,35-36,38-57H2,1-3H3/b20-17-,21-18-,29-26-,32-27-,37-34-/t58-/m1/s1. The van der Waals surface area contributed by atoms with Crippen LogP contribution < -0.4 is 0 Å². The van der Waals surface area contributed by atoms with Gasteiger partial charge in [0.1, 0.15) is 13.2 Å². The number of esters is 3. The van der Waals surface area contributed by atoms with E-state index in [1.165, 1.54) is 148 Å². The fourth-order valence-corrected chi connectivity index (χ4v) is 8.13. The van der Waals surface area contributed by atoms with Crippen LogP contribution >= 0.6 is 0 Å². The van der Waals surface area contributed by atoms with Gasteiger partial charge in [-0.25, -0.2) is 0 Å². The topological polar surface area (TPSA) is 78.9 Å². The molecule has 0 spiro atoms. The van der Waals surface area contributed by atoms with Crippen molar-refractivity contribution in [3.8, 4) is 0 Å². The predicted octanol–water partition coefficient (Wildman–Crippen LogP) is 19.2. The molecule has 0 aliphatic rings. The first-order valence-electron chi connectivity index (χ1n) is 28.8. The average molecular weight is 938 g/mol. The second kappa shape index (κ2) is 55.7. The number of carbonyl (C=O) groups excluding carboxylic acids is 3. The van der Waals surface area contributed by atoms with Crippen molar-refractivity contribution in [1.82, 2.24) is 0 Å². The highest BCUT2D eigenvalue weighted by Crippen LogP contribution is 2.16. The molecule has 0 aliphatic carbocycles. The third kappa shape index (κ3) is 53.9. The van der Waals surface area contributed by atoms with Gasteiger partial charge in [0.2, 0.25) is 0 Å². The largest absolute Gasteiger partial charge is 0.462 e. The second-order valence-corrected chi connectivity index (χ2v) is 19.2. The van der Waals surface area contributed by atoms with E-state index in [2.05, 4.69) is 81.5 Å². The summed E-state index contributed by atoms with van der Waals surface area (Å²) in [6.45, 7) is 6.58. The summed E-state index contributed by atoms with van der Waals surface area (Å²) in [6, 6.07) is 0. The first kappa shape index (κ1) is 64.1. The maximum absolute atomic E-state index is 12.8. The predicted molar refractivity (Wildman–Crippen MR) is 288 cm³/mol. The summed E-state index contributed by atoms with van der Waals surface area (Å²) in [5.41, 5.74) is 0. The highest BCUT2D eigenvalue weighted by atomic mass is 16.6. The van der Waals surface area contributed by atoms with Crippen LogP contribution in [0.5, 0.6) is 0 Å². The van der Waals surface area contributed by atoms with Crippen molar-refractivity contribution >= 4 is 17.9 Å². The van der Waals surface area contributed by atoms with Gasteiger partial charge in [0.25, 0.3) is 0 Å². The van der Waals surface area contributed by atoms with Crippen LogP contribution in [0.1, 0.15) is 290 Å². The summed E-state index contributed by atoms with van der Waals surface area (Å²) in [6.07, 6.45) is 69.2. The van der Waals surface area contributed by atoms with Crippen LogP contribution in [0.25, 0.3) is 0 Å². The molecule has 67 heavy (non-hydrogen) atoms. The number of unbranched alkanes of at least 4 members (excludes halogenated alkanes) is 31. The molecule has 0 saturated carbocycles. The van der Waals surface area contributed by atoms with E-state index in [4.69, 9.17) is 14.2 Å². The third-order valence-electron chi connectivity index (χ3n) is 12.5. The number of ether oxygens (including phenoxy) is 3. The zero-order valence-corrected chi connectivity index (χ0v) is 44.4. The lowest BCUT2D eigenvalue weighted by Gasteiger charge is -2.18. The van der Waals surface area contributed by atoms with Crippen LogP contribution in [0.4, 0.5) is 0 Å². The lowest BCUT2D eigenvalue weighted by Crippen LogP contribution is -2.30. The Bertz CT molecular complexity index is 1210. The zero-order chi connectivity index (χ0) is 48.6. The number of rotatable bonds is 52. The van der Waals surface area contributed by atoms with Crippen molar-refractivity contribution in [2.45, 2.75) is 297 Å². The van der Waals surface area contributed by atoms with Gasteiger partial charge in [-0.05, 0) is 89.9 Å². The smallest absolute Gasteiger partial charge is 0.306 e. The monoisotopic (exact) mass is 937 g/mol. The summed E-state index contributed by atoms with van der Waals surface area (Å²) in [4.78, 5) is 38.1. The van der Waals surface area contributed by atoms with Crippen LogP contribution in [-0.4, -0.2) is 37.2 Å². The van der Waals surface area contributed by atoms with Crippen LogP contribution in [-0.2, 0) is 28.6 Å². The zero-order valence-electron chi connectivity index (χ0n) is 44.4. The molecule has 0 N–H and O–H groups in total. The van der Waals surface area contributed by atoms with E-state index in [0.717, 1.165) is 103 Å². The molecule has 388 valence electrons. The molecule has 6 nitrogen and oxygen atoms in total. The fraction of sp³-hybridized carbons (Fsp3) is 0.787. The van der Waals surface area contributed by atoms with Gasteiger partial charge in [0.15, 0.2) is 6.10 Å². The molecule has 0 aromatic rings. The molecule has 0 bridgehead atoms. The van der Waals surface area contributed by atoms with E-state index in [1.54, 1.807) is 0 Å². The van der Waals surface area contributed by atoms with Crippen molar-refractivity contribution < 1.29 is 28.6 Å². The molecule has 0 amide bonds. The normalized spacial score (nSPS) is 12.5. The maximum Gasteiger partial charge on any atom is 0.306 e. The number of hydrogen-bond donors (Lipinski definition) is 0. The Morgan fingerprint density at radius 2 is 0.537 bits per heavy atom. The molecule has 0 radical (unpaired) electrons. The second-order valence-electron chi connectivity index (χ2n) is 19.2. The summed E-state index contributed by atoms with van der Waals surface area (Å²) in [7, 11) is 0. The van der Waals surface area contributed by atoms with Crippen LogP contribution in [0, 0.1) is 0 Å². The van der Waals surface area contributed by atoms with E-state index >= 15 is 0 Å². The molecule has 6 heteroatoms. The van der Waals surface area contributed by atoms with E-state index in [9.17, 15) is 14.4 Å². The van der Waals surface area contributed by atoms with Gasteiger partial charge >= 0.3 is 17.9 Å². The number of carbonyl (C=O) groups is 3. The van der Waals surface area contributed by atoms with Crippen molar-refractivity contribution in [3.05, 3.63) is 60.8 Å². The molecule has 0 heterocycles. The first-order valence-corrected chi connectivity index (χ1v) is 28.8. The molecule has 1 atom stereocenters. The third-order valence-corrected chi connectivity index (χ3v) is 12.5. The molecule has 0 rings (SSSR count). The Balaban J connectivity index is 4.42. The molecular weight excluding hydrogens is 829 g/mol. The van der Waals surface area contributed by atoms with E-state index in [0.29, 0.717) is 19.3 Å². The molecule has 0 aromatic heterocycles. The maximum atomic E-state index is 12.8. The quantitative estimate of drug-likeness (QED) is 0.0262. The van der Waals surface area contributed by atoms with Gasteiger partial charge in [-0.15, -0.1) is 0 Å². The lowest BCUT2D eigenvalue weighted by molar-refractivity contribution is -0.167. The summed E-state index contributed by atoms with van der Waals surface area (Å²) >= 11 is 0. The minimum Gasteiger partial charge on any atom is -0.462 e. The highest BCUT2D eigenvalue weighted by Gasteiger charge is 2.19. The van der Waals surface area contributed by atoms with Crippen LogP contribution in [0.3, 0.4) is 0 Å². The van der Waals surface area contributed by atoms with E-state index in [1.807, 2.05) is 0 Å². The molecule has 0 unspecified atom stereocenters. The Hall–Kier alpha value is -2.89. The molecule has 0 aromatic carbocycles. The minimum atomic E-state index is -0.790. The Morgan fingerprint density at radius 1 is 0.299 bits per heavy atom. The lowest BCUT2D eigenvalue weighted by atomic mass is 10.0. The molecule has 0 saturated heterocycles. The number of allylic oxidation sites excluding steroid dienone is 10. The SMILES string of the molecule is CCCCC/C=C\C/C=C\C/C=C\CCCCCCC(=O)O[C@H](COC(=O)CCCCCCC/C=C\C/C=C\CCCCC)COC(=O)CCCCCCCCCCCCCCCCCCC. The van der Waals surface area contributed by atoms with Gasteiger partial charge < -0.3 is 14.2 Å². The van der Waals surface area contributed by atoms with Crippen molar-refractivity contribution in [1.29, 1.82) is 0 Å². The van der Waals surface area contributed by atoms with Gasteiger partial charge in [-0.2, -0.15) is 0 Å². The van der Waals surface area contributed by atoms with E-state index < -0.39 is 6.10 Å². The van der Waals surface area contributed by atoms with Gasteiger partial charge in [-0.3, -0.25) is 14.4 Å². The Labute approximate surface area is 415 Å². The minimum absolute atomic E-state index is 0.0855. The Morgan fingerprint density at radius 3 is 0.866 bits per heavy atom. The molecule has 0 aliphatic heterocycles. The van der Waals surface area contributed by atoms with Crippen molar-refractivity contribution in [2.75, 3.05) is 13.2 Å². The van der Waals surface area contributed by atoms with E-state index in [-0.39, 0.29) is 31.1 Å². The van der Waals surface area contributed by atoms with Gasteiger partial charge in [-0.1, -0.05) is 242 Å². The van der Waals surface area contributed by atoms with Gasteiger partial charge in [0.05, 0.1) is 0 Å². The average Bonchev–Trinajstić information content (AvgIpc) is 3.33. The number of hydrogen-bond acceptors (Lipinski definition) is 6. The molecule has 0 fully saturated rings. The van der Waals surface area contributed by atoms with Gasteiger partial charge in [0, 0.05) is 19.3 Å². The summed E-state index contributed by atoms with van der Waals surface area (Å²) < 4.78 is 16.8. The fourth-order valence-electron chi connectivity index (χ4n) is 8.13. The highest BCUT2D eigenvalue weighted by molar-refractivity contribution is 5.71. The Kier molecular flexibility index (Phi) is 53.3. The summed E-state index contributed by atoms with van der Waals surface area (Å²) in [5.74, 6) is -0.910. The first-order chi connectivity index (χ1) is 33.0. The van der Waals surface area contributed by atoms with Crippen LogP contribution in [0.15, 0.2) is 60.8 Å². The molecular formula is C61H108O6. The summed E-state index contributed by atoms with van der Waals surface area (Å²) in [5, 5.41) is 0. The van der Waals surface area contributed by atoms with Crippen molar-refractivity contribution in [2.24, 2.45) is 0 Å².